The number of carboxylic acid groups (broad SMARTS) is 1. The van der Waals surface area contributed by atoms with Gasteiger partial charge in [0, 0.05) is 26.2 Å². The number of urea groups is 1. The lowest BCUT2D eigenvalue weighted by molar-refractivity contribution is -0.147. The van der Waals surface area contributed by atoms with E-state index in [0.29, 0.717) is 39.0 Å². The van der Waals surface area contributed by atoms with Crippen molar-refractivity contribution in [1.29, 1.82) is 0 Å². The molecule has 2 aliphatic rings. The molecule has 2 saturated heterocycles. The first-order valence-corrected chi connectivity index (χ1v) is 7.05. The van der Waals surface area contributed by atoms with Crippen LogP contribution in [0.1, 0.15) is 25.7 Å². The van der Waals surface area contributed by atoms with E-state index in [1.807, 2.05) is 0 Å². The molecule has 20 heavy (non-hydrogen) atoms. The van der Waals surface area contributed by atoms with E-state index in [0.717, 1.165) is 12.8 Å². The smallest absolute Gasteiger partial charge is 0.314 e. The Morgan fingerprint density at radius 3 is 2.15 bits per heavy atom. The van der Waals surface area contributed by atoms with Crippen LogP contribution in [-0.2, 0) is 9.59 Å². The second-order valence-electron chi connectivity index (χ2n) is 5.56. The van der Waals surface area contributed by atoms with Crippen LogP contribution in [0.5, 0.6) is 0 Å². The lowest BCUT2D eigenvalue weighted by Gasteiger charge is -2.36. The summed E-state index contributed by atoms with van der Waals surface area (Å²) in [5, 5.41) is 8.95. The summed E-state index contributed by atoms with van der Waals surface area (Å²) < 4.78 is 0. The van der Waals surface area contributed by atoms with Crippen molar-refractivity contribution in [2.24, 2.45) is 17.6 Å². The van der Waals surface area contributed by atoms with E-state index in [1.54, 1.807) is 4.90 Å². The molecule has 3 N–H and O–H groups in total. The third kappa shape index (κ3) is 3.20. The van der Waals surface area contributed by atoms with Gasteiger partial charge in [-0.3, -0.25) is 9.59 Å². The van der Waals surface area contributed by atoms with Crippen molar-refractivity contribution in [2.45, 2.75) is 25.7 Å². The van der Waals surface area contributed by atoms with Gasteiger partial charge in [0.2, 0.25) is 5.91 Å². The molecule has 0 aliphatic carbocycles. The summed E-state index contributed by atoms with van der Waals surface area (Å²) in [6.45, 7) is 1.97. The third-order valence-corrected chi connectivity index (χ3v) is 4.24. The number of aliphatic carboxylic acids is 1. The molecule has 2 heterocycles. The number of hydrogen-bond acceptors (Lipinski definition) is 3. The number of rotatable bonds is 2. The van der Waals surface area contributed by atoms with Gasteiger partial charge < -0.3 is 20.6 Å². The molecule has 1 atom stereocenters. The zero-order valence-electron chi connectivity index (χ0n) is 11.5. The van der Waals surface area contributed by atoms with Crippen LogP contribution in [0.15, 0.2) is 0 Å². The summed E-state index contributed by atoms with van der Waals surface area (Å²) in [6, 6.07) is -0.480. The van der Waals surface area contributed by atoms with Crippen LogP contribution in [-0.4, -0.2) is 59.0 Å². The number of likely N-dealkylation sites (tertiary alicyclic amines) is 2. The van der Waals surface area contributed by atoms with Gasteiger partial charge in [-0.1, -0.05) is 0 Å². The van der Waals surface area contributed by atoms with Crippen molar-refractivity contribution in [3.63, 3.8) is 0 Å². The maximum absolute atomic E-state index is 12.4. The molecule has 0 aromatic carbocycles. The highest BCUT2D eigenvalue weighted by atomic mass is 16.4. The standard InChI is InChI=1S/C13H21N3O4/c14-13(20)16-5-1-2-10(8-16)11(17)15-6-3-9(4-7-15)12(18)19/h9-10H,1-8H2,(H2,14,20)(H,18,19). The fraction of sp³-hybridized carbons (Fsp3) is 0.769. The third-order valence-electron chi connectivity index (χ3n) is 4.24. The predicted octanol–water partition coefficient (Wildman–Crippen LogP) is 0.100. The maximum atomic E-state index is 12.4. The number of amides is 3. The average molecular weight is 283 g/mol. The molecule has 0 saturated carbocycles. The average Bonchev–Trinajstić information content (AvgIpc) is 2.46. The minimum Gasteiger partial charge on any atom is -0.481 e. The Bertz CT molecular complexity index is 404. The van der Waals surface area contributed by atoms with Gasteiger partial charge in [0.25, 0.3) is 0 Å². The Kier molecular flexibility index (Phi) is 4.46. The lowest BCUT2D eigenvalue weighted by Crippen LogP contribution is -2.50. The summed E-state index contributed by atoms with van der Waals surface area (Å²) in [6.07, 6.45) is 2.56. The Balaban J connectivity index is 1.88. The van der Waals surface area contributed by atoms with Crippen LogP contribution in [0.3, 0.4) is 0 Å². The van der Waals surface area contributed by atoms with Gasteiger partial charge in [0.05, 0.1) is 11.8 Å². The summed E-state index contributed by atoms with van der Waals surface area (Å²) >= 11 is 0. The zero-order valence-corrected chi connectivity index (χ0v) is 11.5. The first kappa shape index (κ1) is 14.6. The normalized spacial score (nSPS) is 24.5. The van der Waals surface area contributed by atoms with E-state index in [9.17, 15) is 14.4 Å². The van der Waals surface area contributed by atoms with E-state index in [2.05, 4.69) is 0 Å². The molecule has 2 fully saturated rings. The summed E-state index contributed by atoms with van der Waals surface area (Å²) in [5.74, 6) is -1.29. The van der Waals surface area contributed by atoms with E-state index in [-0.39, 0.29) is 17.7 Å². The molecule has 2 rings (SSSR count). The van der Waals surface area contributed by atoms with Crippen molar-refractivity contribution >= 4 is 17.9 Å². The van der Waals surface area contributed by atoms with Crippen molar-refractivity contribution < 1.29 is 19.5 Å². The first-order chi connectivity index (χ1) is 9.49. The first-order valence-electron chi connectivity index (χ1n) is 7.05. The van der Waals surface area contributed by atoms with Crippen LogP contribution < -0.4 is 5.73 Å². The highest BCUT2D eigenvalue weighted by molar-refractivity contribution is 5.81. The highest BCUT2D eigenvalue weighted by Crippen LogP contribution is 2.23. The summed E-state index contributed by atoms with van der Waals surface area (Å²) in [5.41, 5.74) is 5.26. The van der Waals surface area contributed by atoms with Crippen molar-refractivity contribution in [3.8, 4) is 0 Å². The topological polar surface area (TPSA) is 104 Å². The van der Waals surface area contributed by atoms with Crippen molar-refractivity contribution in [2.75, 3.05) is 26.2 Å². The number of carbonyl (C=O) groups is 3. The number of carboxylic acids is 1. The molecule has 3 amide bonds. The highest BCUT2D eigenvalue weighted by Gasteiger charge is 2.33. The predicted molar refractivity (Wildman–Crippen MR) is 70.8 cm³/mol. The zero-order chi connectivity index (χ0) is 14.7. The Labute approximate surface area is 117 Å². The quantitative estimate of drug-likeness (QED) is 0.750. The van der Waals surface area contributed by atoms with Gasteiger partial charge in [-0.05, 0) is 25.7 Å². The van der Waals surface area contributed by atoms with Crippen LogP contribution >= 0.6 is 0 Å². The number of piperidine rings is 2. The van der Waals surface area contributed by atoms with E-state index in [4.69, 9.17) is 10.8 Å². The monoisotopic (exact) mass is 283 g/mol. The fourth-order valence-electron chi connectivity index (χ4n) is 2.98. The molecule has 0 spiro atoms. The Morgan fingerprint density at radius 2 is 1.60 bits per heavy atom. The van der Waals surface area contributed by atoms with Gasteiger partial charge >= 0.3 is 12.0 Å². The molecular weight excluding hydrogens is 262 g/mol. The van der Waals surface area contributed by atoms with E-state index >= 15 is 0 Å². The number of hydrogen-bond donors (Lipinski definition) is 2. The fourth-order valence-corrected chi connectivity index (χ4v) is 2.98. The van der Waals surface area contributed by atoms with Crippen LogP contribution in [0.2, 0.25) is 0 Å². The molecule has 0 bridgehead atoms. The molecule has 1 unspecified atom stereocenters. The minimum atomic E-state index is -0.783. The molecule has 7 heteroatoms. The van der Waals surface area contributed by atoms with Crippen molar-refractivity contribution in [1.82, 2.24) is 9.80 Å². The number of carbonyl (C=O) groups excluding carboxylic acids is 2. The Morgan fingerprint density at radius 1 is 0.950 bits per heavy atom. The molecule has 7 nitrogen and oxygen atoms in total. The van der Waals surface area contributed by atoms with Gasteiger partial charge in [0.15, 0.2) is 0 Å². The number of primary amides is 1. The van der Waals surface area contributed by atoms with Gasteiger partial charge in [0.1, 0.15) is 0 Å². The van der Waals surface area contributed by atoms with Crippen LogP contribution in [0.25, 0.3) is 0 Å². The maximum Gasteiger partial charge on any atom is 0.314 e. The lowest BCUT2D eigenvalue weighted by atomic mass is 9.93. The minimum absolute atomic E-state index is 0.0276. The molecule has 0 aromatic rings. The summed E-state index contributed by atoms with van der Waals surface area (Å²) in [7, 11) is 0. The van der Waals surface area contributed by atoms with Gasteiger partial charge in [-0.15, -0.1) is 0 Å². The van der Waals surface area contributed by atoms with Crippen molar-refractivity contribution in [3.05, 3.63) is 0 Å². The van der Waals surface area contributed by atoms with Crippen LogP contribution in [0, 0.1) is 11.8 Å². The van der Waals surface area contributed by atoms with Crippen LogP contribution in [0.4, 0.5) is 4.79 Å². The summed E-state index contributed by atoms with van der Waals surface area (Å²) in [4.78, 5) is 37.7. The second-order valence-corrected chi connectivity index (χ2v) is 5.56. The molecule has 0 aromatic heterocycles. The van der Waals surface area contributed by atoms with Gasteiger partial charge in [-0.2, -0.15) is 0 Å². The number of nitrogens with zero attached hydrogens (tertiary/aromatic N) is 2. The molecular formula is C13H21N3O4. The van der Waals surface area contributed by atoms with E-state index < -0.39 is 12.0 Å². The SMILES string of the molecule is NC(=O)N1CCCC(C(=O)N2CCC(C(=O)O)CC2)C1. The van der Waals surface area contributed by atoms with Gasteiger partial charge in [-0.25, -0.2) is 4.79 Å². The molecule has 0 radical (unpaired) electrons. The number of nitrogens with two attached hydrogens (primary N) is 1. The van der Waals surface area contributed by atoms with E-state index in [1.165, 1.54) is 4.90 Å². The second kappa shape index (κ2) is 6.11. The molecule has 112 valence electrons. The largest absolute Gasteiger partial charge is 0.481 e. The molecule has 2 aliphatic heterocycles. The Hall–Kier alpha value is -1.79.